The quantitative estimate of drug-likeness (QED) is 0.770. The minimum Gasteiger partial charge on any atom is -0.326 e. The first-order valence-corrected chi connectivity index (χ1v) is 6.90. The van der Waals surface area contributed by atoms with E-state index in [4.69, 9.17) is 11.6 Å². The molecular formula is C14H15ClF2N2. The van der Waals surface area contributed by atoms with Gasteiger partial charge in [-0.3, -0.25) is 0 Å². The number of rotatable bonds is 3. The first-order valence-electron chi connectivity index (χ1n) is 6.46. The highest BCUT2D eigenvalue weighted by molar-refractivity contribution is 6.20. The third-order valence-electron chi connectivity index (χ3n) is 3.87. The number of halogens is 3. The van der Waals surface area contributed by atoms with Crippen molar-refractivity contribution >= 4 is 22.6 Å². The molecule has 0 spiro atoms. The molecule has 1 saturated carbocycles. The van der Waals surface area contributed by atoms with Gasteiger partial charge in [-0.1, -0.05) is 6.92 Å². The predicted octanol–water partition coefficient (Wildman–Crippen LogP) is 4.27. The zero-order chi connectivity index (χ0) is 13.7. The molecule has 0 N–H and O–H groups in total. The number of benzene rings is 1. The first-order chi connectivity index (χ1) is 8.97. The standard InChI is InChI=1S/C14H15ClF2N2/c1-7-3-9(7)6-19-13-5-11(17)10(16)4-12(13)18-14(19)8(2)15/h4-5,7-9H,3,6H2,1-2H3. The van der Waals surface area contributed by atoms with Crippen molar-refractivity contribution in [2.24, 2.45) is 11.8 Å². The summed E-state index contributed by atoms with van der Waals surface area (Å²) in [7, 11) is 0. The zero-order valence-electron chi connectivity index (χ0n) is 10.8. The van der Waals surface area contributed by atoms with Crippen molar-refractivity contribution in [3.63, 3.8) is 0 Å². The van der Waals surface area contributed by atoms with Crippen LogP contribution in [-0.2, 0) is 6.54 Å². The Hall–Kier alpha value is -1.16. The van der Waals surface area contributed by atoms with E-state index >= 15 is 0 Å². The second kappa shape index (κ2) is 4.44. The lowest BCUT2D eigenvalue weighted by atomic mass is 10.2. The molecule has 1 aliphatic rings. The van der Waals surface area contributed by atoms with Crippen molar-refractivity contribution in [2.45, 2.75) is 32.2 Å². The molecule has 1 aromatic carbocycles. The molecule has 1 fully saturated rings. The number of nitrogens with zero attached hydrogens (tertiary/aromatic N) is 2. The molecule has 102 valence electrons. The normalized spacial score (nSPS) is 23.8. The van der Waals surface area contributed by atoms with Crippen LogP contribution in [0.15, 0.2) is 12.1 Å². The van der Waals surface area contributed by atoms with Crippen LogP contribution in [0.4, 0.5) is 8.78 Å². The van der Waals surface area contributed by atoms with Crippen molar-refractivity contribution < 1.29 is 8.78 Å². The largest absolute Gasteiger partial charge is 0.326 e. The monoisotopic (exact) mass is 284 g/mol. The van der Waals surface area contributed by atoms with E-state index in [0.717, 1.165) is 12.6 Å². The van der Waals surface area contributed by atoms with Crippen LogP contribution in [0.2, 0.25) is 0 Å². The van der Waals surface area contributed by atoms with Gasteiger partial charge in [-0.05, 0) is 25.2 Å². The van der Waals surface area contributed by atoms with Gasteiger partial charge in [-0.25, -0.2) is 13.8 Å². The van der Waals surface area contributed by atoms with Crippen molar-refractivity contribution in [3.05, 3.63) is 29.6 Å². The lowest BCUT2D eigenvalue weighted by Crippen LogP contribution is -2.06. The minimum atomic E-state index is -0.870. The summed E-state index contributed by atoms with van der Waals surface area (Å²) in [6, 6.07) is 2.35. The average Bonchev–Trinajstić information content (AvgIpc) is 2.91. The molecule has 5 heteroatoms. The Morgan fingerprint density at radius 2 is 2.05 bits per heavy atom. The van der Waals surface area contributed by atoms with Crippen molar-refractivity contribution in [1.82, 2.24) is 9.55 Å². The van der Waals surface area contributed by atoms with Crippen LogP contribution < -0.4 is 0 Å². The van der Waals surface area contributed by atoms with E-state index in [1.807, 2.05) is 11.5 Å². The third-order valence-corrected chi connectivity index (χ3v) is 4.06. The highest BCUT2D eigenvalue weighted by Gasteiger charge is 2.34. The van der Waals surface area contributed by atoms with Crippen molar-refractivity contribution in [1.29, 1.82) is 0 Å². The third kappa shape index (κ3) is 2.22. The van der Waals surface area contributed by atoms with Crippen molar-refractivity contribution in [2.75, 3.05) is 0 Å². The van der Waals surface area contributed by atoms with Gasteiger partial charge >= 0.3 is 0 Å². The average molecular weight is 285 g/mol. The second-order valence-corrected chi connectivity index (χ2v) is 6.08. The van der Waals surface area contributed by atoms with Crippen LogP contribution in [0, 0.1) is 23.5 Å². The van der Waals surface area contributed by atoms with E-state index in [-0.39, 0.29) is 5.38 Å². The van der Waals surface area contributed by atoms with Gasteiger partial charge in [0.25, 0.3) is 0 Å². The van der Waals surface area contributed by atoms with E-state index < -0.39 is 11.6 Å². The van der Waals surface area contributed by atoms with E-state index in [9.17, 15) is 8.78 Å². The van der Waals surface area contributed by atoms with Gasteiger partial charge in [-0.2, -0.15) is 0 Å². The number of alkyl halides is 1. The lowest BCUT2D eigenvalue weighted by Gasteiger charge is -2.10. The van der Waals surface area contributed by atoms with Gasteiger partial charge in [0.05, 0.1) is 16.4 Å². The summed E-state index contributed by atoms with van der Waals surface area (Å²) in [5.41, 5.74) is 1.09. The second-order valence-electron chi connectivity index (χ2n) is 5.42. The van der Waals surface area contributed by atoms with Crippen LogP contribution in [0.1, 0.15) is 31.5 Å². The first kappa shape index (κ1) is 12.9. The maximum atomic E-state index is 13.4. The highest BCUT2D eigenvalue weighted by atomic mass is 35.5. The molecule has 3 rings (SSSR count). The Kier molecular flexibility index (Phi) is 3.01. The molecular weight excluding hydrogens is 270 g/mol. The Labute approximate surface area is 115 Å². The summed E-state index contributed by atoms with van der Waals surface area (Å²) in [5, 5.41) is -0.285. The molecule has 0 aliphatic heterocycles. The molecule has 0 saturated heterocycles. The van der Waals surface area contributed by atoms with Gasteiger partial charge in [0.2, 0.25) is 0 Å². The molecule has 3 unspecified atom stereocenters. The van der Waals surface area contributed by atoms with Gasteiger partial charge in [0.1, 0.15) is 5.82 Å². The van der Waals surface area contributed by atoms with Crippen molar-refractivity contribution in [3.8, 4) is 0 Å². The molecule has 2 nitrogen and oxygen atoms in total. The maximum Gasteiger partial charge on any atom is 0.161 e. The number of fused-ring (bicyclic) bond motifs is 1. The van der Waals surface area contributed by atoms with Crippen LogP contribution >= 0.6 is 11.6 Å². The molecule has 3 atom stereocenters. The van der Waals surface area contributed by atoms with Crippen LogP contribution in [0.25, 0.3) is 11.0 Å². The Morgan fingerprint density at radius 3 is 2.63 bits per heavy atom. The molecule has 1 aromatic heterocycles. The summed E-state index contributed by atoms with van der Waals surface area (Å²) in [4.78, 5) is 4.34. The van der Waals surface area contributed by atoms with E-state index in [2.05, 4.69) is 11.9 Å². The number of imidazole rings is 1. The van der Waals surface area contributed by atoms with E-state index in [0.29, 0.717) is 28.7 Å². The SMILES string of the molecule is CC(Cl)c1nc2cc(F)c(F)cc2n1CC1CC1C. The van der Waals surface area contributed by atoms with Crippen LogP contribution in [0.3, 0.4) is 0 Å². The smallest absolute Gasteiger partial charge is 0.161 e. The summed E-state index contributed by atoms with van der Waals surface area (Å²) in [6.07, 6.45) is 1.17. The molecule has 0 bridgehead atoms. The Bertz CT molecular complexity index is 636. The maximum absolute atomic E-state index is 13.4. The van der Waals surface area contributed by atoms with Gasteiger partial charge < -0.3 is 4.57 Å². The molecule has 19 heavy (non-hydrogen) atoms. The number of hydrogen-bond acceptors (Lipinski definition) is 1. The highest BCUT2D eigenvalue weighted by Crippen LogP contribution is 2.40. The fourth-order valence-corrected chi connectivity index (χ4v) is 2.69. The van der Waals surface area contributed by atoms with E-state index in [1.54, 1.807) is 0 Å². The van der Waals surface area contributed by atoms with Crippen LogP contribution in [-0.4, -0.2) is 9.55 Å². The Morgan fingerprint density at radius 1 is 1.42 bits per heavy atom. The topological polar surface area (TPSA) is 17.8 Å². The molecule has 2 aromatic rings. The number of hydrogen-bond donors (Lipinski definition) is 0. The van der Waals surface area contributed by atoms with Gasteiger partial charge in [-0.15, -0.1) is 11.6 Å². The minimum absolute atomic E-state index is 0.285. The molecule has 0 amide bonds. The summed E-state index contributed by atoms with van der Waals surface area (Å²) < 4.78 is 28.6. The Balaban J connectivity index is 2.14. The van der Waals surface area contributed by atoms with E-state index in [1.165, 1.54) is 12.5 Å². The fraction of sp³-hybridized carbons (Fsp3) is 0.500. The molecule has 1 heterocycles. The predicted molar refractivity (Wildman–Crippen MR) is 71.2 cm³/mol. The summed E-state index contributed by atoms with van der Waals surface area (Å²) in [6.45, 7) is 4.78. The molecule has 0 radical (unpaired) electrons. The van der Waals surface area contributed by atoms with Gasteiger partial charge in [0.15, 0.2) is 11.6 Å². The summed E-state index contributed by atoms with van der Waals surface area (Å²) >= 11 is 6.13. The zero-order valence-corrected chi connectivity index (χ0v) is 11.6. The van der Waals surface area contributed by atoms with Gasteiger partial charge in [0, 0.05) is 18.7 Å². The summed E-state index contributed by atoms with van der Waals surface area (Å²) in [5.74, 6) is 0.235. The fourth-order valence-electron chi connectivity index (χ4n) is 2.52. The lowest BCUT2D eigenvalue weighted by molar-refractivity contribution is 0.509. The molecule has 1 aliphatic carbocycles. The van der Waals surface area contributed by atoms with Crippen LogP contribution in [0.5, 0.6) is 0 Å². The number of aromatic nitrogens is 2.